The van der Waals surface area contributed by atoms with E-state index in [9.17, 15) is 14.7 Å². The lowest BCUT2D eigenvalue weighted by atomic mass is 9.87. The zero-order chi connectivity index (χ0) is 16.0. The predicted octanol–water partition coefficient (Wildman–Crippen LogP) is 1.66. The standard InChI is InChI=1S/C15H29N3O3/c1-5-10-18(11-6-8-16-9-7-11)14(21)17-12(13(19)20)15(2,3)4/h11-12,16H,5-10H2,1-4H3,(H,17,21)(H,19,20)/t12-/m1/s1. The molecule has 0 aromatic heterocycles. The maximum Gasteiger partial charge on any atom is 0.326 e. The SMILES string of the molecule is CCCN(C(=O)N[C@H](C(=O)O)C(C)(C)C)C1CCNCC1. The second kappa shape index (κ2) is 7.64. The van der Waals surface area contributed by atoms with Gasteiger partial charge in [0.05, 0.1) is 0 Å². The lowest BCUT2D eigenvalue weighted by Gasteiger charge is -2.37. The molecule has 1 atom stereocenters. The molecular weight excluding hydrogens is 270 g/mol. The Labute approximate surface area is 127 Å². The number of hydrogen-bond acceptors (Lipinski definition) is 3. The Morgan fingerprint density at radius 3 is 2.33 bits per heavy atom. The number of carboxylic acids is 1. The molecule has 1 rings (SSSR count). The third-order valence-corrected chi connectivity index (χ3v) is 3.86. The van der Waals surface area contributed by atoms with E-state index in [1.165, 1.54) is 0 Å². The second-order valence-electron chi connectivity index (χ2n) is 6.76. The summed E-state index contributed by atoms with van der Waals surface area (Å²) in [6.45, 7) is 9.95. The highest BCUT2D eigenvalue weighted by atomic mass is 16.4. The zero-order valence-corrected chi connectivity index (χ0v) is 13.6. The van der Waals surface area contributed by atoms with E-state index in [4.69, 9.17) is 0 Å². The van der Waals surface area contributed by atoms with E-state index >= 15 is 0 Å². The van der Waals surface area contributed by atoms with Gasteiger partial charge in [-0.05, 0) is 37.8 Å². The molecule has 0 bridgehead atoms. The van der Waals surface area contributed by atoms with Crippen LogP contribution in [0.2, 0.25) is 0 Å². The van der Waals surface area contributed by atoms with E-state index in [0.29, 0.717) is 6.54 Å². The topological polar surface area (TPSA) is 81.7 Å². The normalized spacial score (nSPS) is 18.1. The first-order chi connectivity index (χ1) is 9.77. The Kier molecular flexibility index (Phi) is 6.45. The molecule has 6 nitrogen and oxygen atoms in total. The highest BCUT2D eigenvalue weighted by Gasteiger charge is 2.35. The summed E-state index contributed by atoms with van der Waals surface area (Å²) in [7, 11) is 0. The monoisotopic (exact) mass is 299 g/mol. The van der Waals surface area contributed by atoms with E-state index in [0.717, 1.165) is 32.4 Å². The Morgan fingerprint density at radius 1 is 1.33 bits per heavy atom. The van der Waals surface area contributed by atoms with Crippen LogP contribution in [0.3, 0.4) is 0 Å². The number of carbonyl (C=O) groups excluding carboxylic acids is 1. The largest absolute Gasteiger partial charge is 0.480 e. The smallest absolute Gasteiger partial charge is 0.326 e. The van der Waals surface area contributed by atoms with Crippen molar-refractivity contribution in [2.75, 3.05) is 19.6 Å². The number of urea groups is 1. The molecule has 6 heteroatoms. The third-order valence-electron chi connectivity index (χ3n) is 3.86. The molecule has 1 saturated heterocycles. The molecule has 1 fully saturated rings. The summed E-state index contributed by atoms with van der Waals surface area (Å²) in [5.41, 5.74) is -0.520. The van der Waals surface area contributed by atoms with Gasteiger partial charge in [0.2, 0.25) is 0 Å². The average molecular weight is 299 g/mol. The highest BCUT2D eigenvalue weighted by Crippen LogP contribution is 2.20. The molecule has 0 unspecified atom stereocenters. The summed E-state index contributed by atoms with van der Waals surface area (Å²) in [4.78, 5) is 25.7. The molecule has 1 aliphatic heterocycles. The van der Waals surface area contributed by atoms with E-state index in [2.05, 4.69) is 10.6 Å². The maximum atomic E-state index is 12.5. The lowest BCUT2D eigenvalue weighted by Crippen LogP contribution is -2.56. The minimum Gasteiger partial charge on any atom is -0.480 e. The van der Waals surface area contributed by atoms with Gasteiger partial charge < -0.3 is 20.6 Å². The summed E-state index contributed by atoms with van der Waals surface area (Å²) in [6, 6.07) is -0.947. The first-order valence-electron chi connectivity index (χ1n) is 7.78. The van der Waals surface area contributed by atoms with Gasteiger partial charge in [-0.25, -0.2) is 9.59 Å². The van der Waals surface area contributed by atoms with Crippen LogP contribution < -0.4 is 10.6 Å². The molecule has 2 amide bonds. The Morgan fingerprint density at radius 2 is 1.90 bits per heavy atom. The Hall–Kier alpha value is -1.30. The van der Waals surface area contributed by atoms with Crippen LogP contribution >= 0.6 is 0 Å². The van der Waals surface area contributed by atoms with Crippen molar-refractivity contribution in [1.82, 2.24) is 15.5 Å². The number of carboxylic acid groups (broad SMARTS) is 1. The van der Waals surface area contributed by atoms with Crippen LogP contribution in [0.4, 0.5) is 4.79 Å². The molecule has 0 aromatic rings. The molecule has 122 valence electrons. The zero-order valence-electron chi connectivity index (χ0n) is 13.6. The molecule has 0 aromatic carbocycles. The summed E-state index contributed by atoms with van der Waals surface area (Å²) < 4.78 is 0. The van der Waals surface area contributed by atoms with Gasteiger partial charge in [0, 0.05) is 12.6 Å². The molecule has 0 spiro atoms. The minimum absolute atomic E-state index is 0.195. The molecule has 1 heterocycles. The van der Waals surface area contributed by atoms with Gasteiger partial charge in [-0.15, -0.1) is 0 Å². The highest BCUT2D eigenvalue weighted by molar-refractivity contribution is 5.83. The van der Waals surface area contributed by atoms with Gasteiger partial charge in [-0.3, -0.25) is 0 Å². The van der Waals surface area contributed by atoms with Crippen molar-refractivity contribution in [2.24, 2.45) is 5.41 Å². The van der Waals surface area contributed by atoms with Crippen LogP contribution in [0.25, 0.3) is 0 Å². The summed E-state index contributed by atoms with van der Waals surface area (Å²) in [5, 5.41) is 15.3. The van der Waals surface area contributed by atoms with Gasteiger partial charge in [-0.1, -0.05) is 27.7 Å². The Balaban J connectivity index is 2.77. The van der Waals surface area contributed by atoms with Crippen LogP contribution in [0, 0.1) is 5.41 Å². The van der Waals surface area contributed by atoms with Crippen LogP contribution in [0.5, 0.6) is 0 Å². The van der Waals surface area contributed by atoms with Crippen molar-refractivity contribution in [3.8, 4) is 0 Å². The first kappa shape index (κ1) is 17.8. The quantitative estimate of drug-likeness (QED) is 0.721. The number of amides is 2. The minimum atomic E-state index is -0.988. The van der Waals surface area contributed by atoms with Crippen LogP contribution in [-0.2, 0) is 4.79 Å². The number of aliphatic carboxylic acids is 1. The van der Waals surface area contributed by atoms with E-state index in [1.807, 2.05) is 32.6 Å². The van der Waals surface area contributed by atoms with E-state index < -0.39 is 17.4 Å². The van der Waals surface area contributed by atoms with E-state index in [1.54, 1.807) is 0 Å². The maximum absolute atomic E-state index is 12.5. The number of carbonyl (C=O) groups is 2. The van der Waals surface area contributed by atoms with Crippen LogP contribution in [-0.4, -0.2) is 53.7 Å². The van der Waals surface area contributed by atoms with Gasteiger partial charge in [0.1, 0.15) is 6.04 Å². The Bertz CT molecular complexity index is 360. The van der Waals surface area contributed by atoms with Gasteiger partial charge in [0.15, 0.2) is 0 Å². The van der Waals surface area contributed by atoms with Crippen molar-refractivity contribution >= 4 is 12.0 Å². The first-order valence-corrected chi connectivity index (χ1v) is 7.78. The fraction of sp³-hybridized carbons (Fsp3) is 0.867. The van der Waals surface area contributed by atoms with Gasteiger partial charge >= 0.3 is 12.0 Å². The van der Waals surface area contributed by atoms with Gasteiger partial charge in [0.25, 0.3) is 0 Å². The lowest BCUT2D eigenvalue weighted by molar-refractivity contribution is -0.142. The van der Waals surface area contributed by atoms with Crippen molar-refractivity contribution in [3.05, 3.63) is 0 Å². The number of hydrogen-bond donors (Lipinski definition) is 3. The van der Waals surface area contributed by atoms with Crippen molar-refractivity contribution < 1.29 is 14.7 Å². The van der Waals surface area contributed by atoms with Crippen molar-refractivity contribution in [2.45, 2.75) is 59.0 Å². The van der Waals surface area contributed by atoms with Gasteiger partial charge in [-0.2, -0.15) is 0 Å². The van der Waals surface area contributed by atoms with Crippen molar-refractivity contribution in [1.29, 1.82) is 0 Å². The summed E-state index contributed by atoms with van der Waals surface area (Å²) >= 11 is 0. The number of nitrogens with zero attached hydrogens (tertiary/aromatic N) is 1. The summed E-state index contributed by atoms with van der Waals surface area (Å²) in [5.74, 6) is -0.988. The fourth-order valence-electron chi connectivity index (χ4n) is 2.66. The third kappa shape index (κ3) is 5.19. The van der Waals surface area contributed by atoms with Crippen LogP contribution in [0.15, 0.2) is 0 Å². The molecule has 0 aliphatic carbocycles. The number of nitrogens with one attached hydrogen (secondary N) is 2. The fourth-order valence-corrected chi connectivity index (χ4v) is 2.66. The molecular formula is C15H29N3O3. The van der Waals surface area contributed by atoms with E-state index in [-0.39, 0.29) is 12.1 Å². The number of piperidine rings is 1. The molecule has 21 heavy (non-hydrogen) atoms. The molecule has 0 radical (unpaired) electrons. The molecule has 3 N–H and O–H groups in total. The van der Waals surface area contributed by atoms with Crippen LogP contribution in [0.1, 0.15) is 47.0 Å². The predicted molar refractivity (Wildman–Crippen MR) is 82.3 cm³/mol. The molecule has 1 aliphatic rings. The second-order valence-corrected chi connectivity index (χ2v) is 6.76. The number of rotatable bonds is 5. The molecule has 0 saturated carbocycles. The average Bonchev–Trinajstić information content (AvgIpc) is 2.41. The summed E-state index contributed by atoms with van der Waals surface area (Å²) in [6.07, 6.45) is 2.70. The van der Waals surface area contributed by atoms with Crippen molar-refractivity contribution in [3.63, 3.8) is 0 Å².